The van der Waals surface area contributed by atoms with Gasteiger partial charge in [0.15, 0.2) is 0 Å². The van der Waals surface area contributed by atoms with Crippen molar-refractivity contribution in [3.63, 3.8) is 0 Å². The second-order valence-electron chi connectivity index (χ2n) is 5.26. The lowest BCUT2D eigenvalue weighted by atomic mass is 10.1. The van der Waals surface area contributed by atoms with Gasteiger partial charge < -0.3 is 14.7 Å². The predicted octanol–water partition coefficient (Wildman–Crippen LogP) is 0.284. The summed E-state index contributed by atoms with van der Waals surface area (Å²) in [6.07, 6.45) is -0.567. The lowest BCUT2D eigenvalue weighted by molar-refractivity contribution is -0.141. The Hall–Kier alpha value is -2.48. The Bertz CT molecular complexity index is 727. The molecule has 2 aromatic rings. The highest BCUT2D eigenvalue weighted by molar-refractivity contribution is 5.97. The average molecular weight is 304 g/mol. The van der Waals surface area contributed by atoms with Gasteiger partial charge in [-0.3, -0.25) is 9.59 Å². The summed E-state index contributed by atoms with van der Waals surface area (Å²) >= 11 is 0. The van der Waals surface area contributed by atoms with Crippen molar-refractivity contribution in [1.29, 1.82) is 0 Å². The zero-order valence-corrected chi connectivity index (χ0v) is 12.1. The van der Waals surface area contributed by atoms with Crippen LogP contribution in [0.15, 0.2) is 18.2 Å². The standard InChI is InChI=1S/C14H16N4O4/c1-17-12-3-2-9(6-11(12)15-16-17)14(21)18-4-5-22-10(8-18)7-13(19)20/h2-3,6,10H,4-5,7-8H2,1H3,(H,19,20). The van der Waals surface area contributed by atoms with Gasteiger partial charge in [0.25, 0.3) is 5.91 Å². The zero-order valence-electron chi connectivity index (χ0n) is 12.1. The molecule has 0 bridgehead atoms. The van der Waals surface area contributed by atoms with Gasteiger partial charge in [-0.05, 0) is 18.2 Å². The molecule has 1 unspecified atom stereocenters. The van der Waals surface area contributed by atoms with Gasteiger partial charge in [0.1, 0.15) is 5.52 Å². The quantitative estimate of drug-likeness (QED) is 0.875. The number of aliphatic carboxylic acids is 1. The second kappa shape index (κ2) is 5.72. The van der Waals surface area contributed by atoms with E-state index in [0.29, 0.717) is 24.2 Å². The number of benzene rings is 1. The third kappa shape index (κ3) is 2.77. The van der Waals surface area contributed by atoms with Crippen molar-refractivity contribution < 1.29 is 19.4 Å². The SMILES string of the molecule is Cn1nnc2cc(C(=O)N3CCOC(CC(=O)O)C3)ccc21. The first kappa shape index (κ1) is 14.5. The molecule has 8 nitrogen and oxygen atoms in total. The summed E-state index contributed by atoms with van der Waals surface area (Å²) in [5, 5.41) is 16.7. The van der Waals surface area contributed by atoms with Crippen molar-refractivity contribution >= 4 is 22.9 Å². The summed E-state index contributed by atoms with van der Waals surface area (Å²) in [7, 11) is 1.79. The second-order valence-corrected chi connectivity index (χ2v) is 5.26. The van der Waals surface area contributed by atoms with Crippen LogP contribution in [0.2, 0.25) is 0 Å². The number of morpholine rings is 1. The fraction of sp³-hybridized carbons (Fsp3) is 0.429. The van der Waals surface area contributed by atoms with Crippen LogP contribution in [0.4, 0.5) is 0 Å². The molecule has 22 heavy (non-hydrogen) atoms. The zero-order chi connectivity index (χ0) is 15.7. The predicted molar refractivity (Wildman–Crippen MR) is 76.4 cm³/mol. The number of aryl methyl sites for hydroxylation is 1. The molecule has 1 aliphatic rings. The molecule has 1 amide bonds. The summed E-state index contributed by atoms with van der Waals surface area (Å²) in [5.74, 6) is -1.08. The molecule has 8 heteroatoms. The van der Waals surface area contributed by atoms with E-state index in [1.807, 2.05) is 0 Å². The Morgan fingerprint density at radius 1 is 1.45 bits per heavy atom. The van der Waals surface area contributed by atoms with Crippen LogP contribution in [-0.4, -0.2) is 62.7 Å². The van der Waals surface area contributed by atoms with Gasteiger partial charge in [-0.15, -0.1) is 5.10 Å². The smallest absolute Gasteiger partial charge is 0.306 e. The number of nitrogens with zero attached hydrogens (tertiary/aromatic N) is 4. The maximum atomic E-state index is 12.5. The van der Waals surface area contributed by atoms with E-state index in [1.165, 1.54) is 0 Å². The number of amides is 1. The number of rotatable bonds is 3. The molecule has 1 aliphatic heterocycles. The van der Waals surface area contributed by atoms with E-state index in [-0.39, 0.29) is 18.9 Å². The molecule has 1 aromatic carbocycles. The topological polar surface area (TPSA) is 97.5 Å². The summed E-state index contributed by atoms with van der Waals surface area (Å²) in [4.78, 5) is 24.9. The van der Waals surface area contributed by atoms with E-state index in [1.54, 1.807) is 34.8 Å². The molecule has 116 valence electrons. The number of carbonyl (C=O) groups is 2. The first-order valence-corrected chi connectivity index (χ1v) is 6.96. The molecular formula is C14H16N4O4. The van der Waals surface area contributed by atoms with Crippen LogP contribution < -0.4 is 0 Å². The number of ether oxygens (including phenoxy) is 1. The molecule has 0 radical (unpaired) electrons. The molecule has 1 N–H and O–H groups in total. The molecule has 0 spiro atoms. The normalized spacial score (nSPS) is 18.6. The van der Waals surface area contributed by atoms with Gasteiger partial charge in [-0.1, -0.05) is 5.21 Å². The van der Waals surface area contributed by atoms with Crippen molar-refractivity contribution in [2.24, 2.45) is 7.05 Å². The first-order chi connectivity index (χ1) is 10.5. The summed E-state index contributed by atoms with van der Waals surface area (Å²) < 4.78 is 7.02. The molecule has 1 fully saturated rings. The van der Waals surface area contributed by atoms with Crippen molar-refractivity contribution in [1.82, 2.24) is 19.9 Å². The molecular weight excluding hydrogens is 288 g/mol. The number of carboxylic acids is 1. The number of hydrogen-bond acceptors (Lipinski definition) is 5. The van der Waals surface area contributed by atoms with E-state index >= 15 is 0 Å². The largest absolute Gasteiger partial charge is 0.481 e. The van der Waals surface area contributed by atoms with E-state index in [0.717, 1.165) is 5.52 Å². The maximum absolute atomic E-state index is 12.5. The van der Waals surface area contributed by atoms with Crippen molar-refractivity contribution in [2.45, 2.75) is 12.5 Å². The third-order valence-corrected chi connectivity index (χ3v) is 3.69. The lowest BCUT2D eigenvalue weighted by Crippen LogP contribution is -2.46. The molecule has 1 atom stereocenters. The van der Waals surface area contributed by atoms with Gasteiger partial charge in [0.2, 0.25) is 0 Å². The van der Waals surface area contributed by atoms with Crippen molar-refractivity contribution in [2.75, 3.05) is 19.7 Å². The fourth-order valence-corrected chi connectivity index (χ4v) is 2.58. The Morgan fingerprint density at radius 3 is 3.05 bits per heavy atom. The molecule has 0 saturated carbocycles. The molecule has 3 rings (SSSR count). The third-order valence-electron chi connectivity index (χ3n) is 3.69. The van der Waals surface area contributed by atoms with E-state index < -0.39 is 12.1 Å². The minimum absolute atomic E-state index is 0.104. The highest BCUT2D eigenvalue weighted by Gasteiger charge is 2.26. The lowest BCUT2D eigenvalue weighted by Gasteiger charge is -2.32. The van der Waals surface area contributed by atoms with Crippen LogP contribution in [0.3, 0.4) is 0 Å². The van der Waals surface area contributed by atoms with Gasteiger partial charge >= 0.3 is 5.97 Å². The van der Waals surface area contributed by atoms with Crippen LogP contribution in [0, 0.1) is 0 Å². The van der Waals surface area contributed by atoms with Gasteiger partial charge in [0.05, 0.1) is 24.6 Å². The maximum Gasteiger partial charge on any atom is 0.306 e. The number of hydrogen-bond donors (Lipinski definition) is 1. The Labute approximate surface area is 126 Å². The summed E-state index contributed by atoms with van der Waals surface area (Å²) in [5.41, 5.74) is 2.02. The van der Waals surface area contributed by atoms with Gasteiger partial charge in [0, 0.05) is 25.7 Å². The molecule has 1 saturated heterocycles. The first-order valence-electron chi connectivity index (χ1n) is 6.96. The summed E-state index contributed by atoms with van der Waals surface area (Å²) in [6.45, 7) is 1.08. The number of aromatic nitrogens is 3. The number of carbonyl (C=O) groups excluding carboxylic acids is 1. The molecule has 1 aromatic heterocycles. The van der Waals surface area contributed by atoms with E-state index in [4.69, 9.17) is 9.84 Å². The van der Waals surface area contributed by atoms with Crippen LogP contribution in [0.25, 0.3) is 11.0 Å². The van der Waals surface area contributed by atoms with Gasteiger partial charge in [-0.25, -0.2) is 4.68 Å². The Balaban J connectivity index is 1.78. The minimum atomic E-state index is -0.930. The monoisotopic (exact) mass is 304 g/mol. The van der Waals surface area contributed by atoms with Crippen LogP contribution in [0.1, 0.15) is 16.8 Å². The van der Waals surface area contributed by atoms with Crippen molar-refractivity contribution in [3.8, 4) is 0 Å². The van der Waals surface area contributed by atoms with Crippen LogP contribution >= 0.6 is 0 Å². The van der Waals surface area contributed by atoms with Gasteiger partial charge in [-0.2, -0.15) is 0 Å². The van der Waals surface area contributed by atoms with E-state index in [2.05, 4.69) is 10.3 Å². The van der Waals surface area contributed by atoms with Crippen molar-refractivity contribution in [3.05, 3.63) is 23.8 Å². The number of carboxylic acid groups (broad SMARTS) is 1. The average Bonchev–Trinajstić information content (AvgIpc) is 2.87. The van der Waals surface area contributed by atoms with Crippen LogP contribution in [-0.2, 0) is 16.6 Å². The van der Waals surface area contributed by atoms with Crippen LogP contribution in [0.5, 0.6) is 0 Å². The molecule has 0 aliphatic carbocycles. The summed E-state index contributed by atoms with van der Waals surface area (Å²) in [6, 6.07) is 5.24. The number of fused-ring (bicyclic) bond motifs is 1. The van der Waals surface area contributed by atoms with E-state index in [9.17, 15) is 9.59 Å². The minimum Gasteiger partial charge on any atom is -0.481 e. The Morgan fingerprint density at radius 2 is 2.27 bits per heavy atom. The highest BCUT2D eigenvalue weighted by Crippen LogP contribution is 2.16. The fourth-order valence-electron chi connectivity index (χ4n) is 2.58. The Kier molecular flexibility index (Phi) is 3.76. The highest BCUT2D eigenvalue weighted by atomic mass is 16.5. The molecule has 2 heterocycles.